The zero-order chi connectivity index (χ0) is 14.4. The first-order chi connectivity index (χ1) is 9.65. The van der Waals surface area contributed by atoms with E-state index in [1.807, 2.05) is 0 Å². The molecule has 0 aliphatic carbocycles. The van der Waals surface area contributed by atoms with E-state index in [2.05, 4.69) is 55.1 Å². The van der Waals surface area contributed by atoms with Crippen molar-refractivity contribution in [3.8, 4) is 0 Å². The summed E-state index contributed by atoms with van der Waals surface area (Å²) in [5, 5.41) is 0. The number of likely N-dealkylation sites (N-methyl/N-ethyl adjacent to an activating group) is 1. The first-order valence-electron chi connectivity index (χ1n) is 7.64. The van der Waals surface area contributed by atoms with E-state index in [1.54, 1.807) is 0 Å². The van der Waals surface area contributed by atoms with E-state index in [0.717, 1.165) is 39.4 Å². The van der Waals surface area contributed by atoms with Crippen molar-refractivity contribution in [3.05, 3.63) is 35.4 Å². The van der Waals surface area contributed by atoms with Crippen LogP contribution in [0.1, 0.15) is 17.5 Å². The standard InChI is InChI=1S/C17H28N2O/c1-15-6-4-5-7-17(15)13-19(10-9-18(2)3)12-16-8-11-20-14-16/h4-7,16H,8-14H2,1-3H3/t16-/m1/s1. The minimum atomic E-state index is 0.709. The van der Waals surface area contributed by atoms with Crippen LogP contribution >= 0.6 is 0 Å². The molecule has 0 unspecified atom stereocenters. The number of ether oxygens (including phenoxy) is 1. The minimum Gasteiger partial charge on any atom is -0.381 e. The van der Waals surface area contributed by atoms with Gasteiger partial charge < -0.3 is 9.64 Å². The Morgan fingerprint density at radius 3 is 2.65 bits per heavy atom. The third-order valence-corrected chi connectivity index (χ3v) is 4.06. The third kappa shape index (κ3) is 4.89. The Balaban J connectivity index is 1.95. The summed E-state index contributed by atoms with van der Waals surface area (Å²) >= 11 is 0. The molecule has 0 spiro atoms. The van der Waals surface area contributed by atoms with Crippen molar-refractivity contribution >= 4 is 0 Å². The largest absolute Gasteiger partial charge is 0.381 e. The zero-order valence-electron chi connectivity index (χ0n) is 13.1. The summed E-state index contributed by atoms with van der Waals surface area (Å²) in [5.74, 6) is 0.709. The van der Waals surface area contributed by atoms with Gasteiger partial charge in [0.15, 0.2) is 0 Å². The van der Waals surface area contributed by atoms with Crippen LogP contribution in [0.3, 0.4) is 0 Å². The molecular weight excluding hydrogens is 248 g/mol. The summed E-state index contributed by atoms with van der Waals surface area (Å²) in [6.07, 6.45) is 1.21. The van der Waals surface area contributed by atoms with Crippen molar-refractivity contribution in [3.63, 3.8) is 0 Å². The highest BCUT2D eigenvalue weighted by molar-refractivity contribution is 5.25. The number of aryl methyl sites for hydroxylation is 1. The van der Waals surface area contributed by atoms with Crippen LogP contribution in [-0.4, -0.2) is 56.7 Å². The lowest BCUT2D eigenvalue weighted by atomic mass is 10.1. The molecule has 112 valence electrons. The number of hydrogen-bond donors (Lipinski definition) is 0. The predicted molar refractivity (Wildman–Crippen MR) is 83.9 cm³/mol. The number of benzene rings is 1. The summed E-state index contributed by atoms with van der Waals surface area (Å²) in [6, 6.07) is 8.72. The van der Waals surface area contributed by atoms with E-state index in [0.29, 0.717) is 5.92 Å². The molecule has 3 nitrogen and oxygen atoms in total. The molecule has 0 N–H and O–H groups in total. The van der Waals surface area contributed by atoms with Gasteiger partial charge in [-0.1, -0.05) is 24.3 Å². The van der Waals surface area contributed by atoms with Crippen LogP contribution in [0.4, 0.5) is 0 Å². The molecule has 1 aromatic carbocycles. The normalized spacial score (nSPS) is 19.1. The molecule has 1 aliphatic heterocycles. The lowest BCUT2D eigenvalue weighted by Gasteiger charge is -2.27. The average molecular weight is 276 g/mol. The summed E-state index contributed by atoms with van der Waals surface area (Å²) in [4.78, 5) is 4.84. The highest BCUT2D eigenvalue weighted by Crippen LogP contribution is 2.17. The van der Waals surface area contributed by atoms with Gasteiger partial charge in [0.1, 0.15) is 0 Å². The quantitative estimate of drug-likeness (QED) is 0.760. The van der Waals surface area contributed by atoms with Crippen LogP contribution in [0.5, 0.6) is 0 Å². The van der Waals surface area contributed by atoms with E-state index in [-0.39, 0.29) is 0 Å². The highest BCUT2D eigenvalue weighted by Gasteiger charge is 2.19. The third-order valence-electron chi connectivity index (χ3n) is 4.06. The lowest BCUT2D eigenvalue weighted by Crippen LogP contribution is -2.35. The van der Waals surface area contributed by atoms with E-state index in [1.165, 1.54) is 17.5 Å². The topological polar surface area (TPSA) is 15.7 Å². The molecule has 1 atom stereocenters. The maximum atomic E-state index is 5.52. The summed E-state index contributed by atoms with van der Waals surface area (Å²) in [5.41, 5.74) is 2.84. The molecule has 1 saturated heterocycles. The molecule has 1 heterocycles. The van der Waals surface area contributed by atoms with Crippen LogP contribution in [-0.2, 0) is 11.3 Å². The van der Waals surface area contributed by atoms with Crippen LogP contribution < -0.4 is 0 Å². The Labute approximate surface area is 123 Å². The predicted octanol–water partition coefficient (Wildman–Crippen LogP) is 2.40. The first kappa shape index (κ1) is 15.5. The second-order valence-electron chi connectivity index (χ2n) is 6.19. The zero-order valence-corrected chi connectivity index (χ0v) is 13.1. The molecule has 0 bridgehead atoms. The Bertz CT molecular complexity index is 400. The molecular formula is C17H28N2O. The fraction of sp³-hybridized carbons (Fsp3) is 0.647. The van der Waals surface area contributed by atoms with Crippen molar-refractivity contribution in [2.24, 2.45) is 5.92 Å². The Morgan fingerprint density at radius 1 is 1.20 bits per heavy atom. The first-order valence-corrected chi connectivity index (χ1v) is 7.64. The van der Waals surface area contributed by atoms with Crippen molar-refractivity contribution in [2.45, 2.75) is 19.9 Å². The smallest absolute Gasteiger partial charge is 0.0507 e. The van der Waals surface area contributed by atoms with Crippen molar-refractivity contribution in [1.82, 2.24) is 9.80 Å². The van der Waals surface area contributed by atoms with Crippen molar-refractivity contribution in [2.75, 3.05) is 46.9 Å². The van der Waals surface area contributed by atoms with Gasteiger partial charge in [-0.3, -0.25) is 4.90 Å². The van der Waals surface area contributed by atoms with Crippen molar-refractivity contribution < 1.29 is 4.74 Å². The summed E-state index contributed by atoms with van der Waals surface area (Å²) in [7, 11) is 4.29. The molecule has 1 fully saturated rings. The van der Waals surface area contributed by atoms with Gasteiger partial charge in [-0.25, -0.2) is 0 Å². The summed E-state index contributed by atoms with van der Waals surface area (Å²) in [6.45, 7) is 8.53. The SMILES string of the molecule is Cc1ccccc1CN(CCN(C)C)C[C@H]1CCOC1. The van der Waals surface area contributed by atoms with Gasteiger partial charge in [-0.05, 0) is 44.5 Å². The minimum absolute atomic E-state index is 0.709. The van der Waals surface area contributed by atoms with Crippen LogP contribution in [0.2, 0.25) is 0 Å². The fourth-order valence-electron chi connectivity index (χ4n) is 2.70. The molecule has 1 aromatic rings. The van der Waals surface area contributed by atoms with Crippen LogP contribution in [0, 0.1) is 12.8 Å². The van der Waals surface area contributed by atoms with Gasteiger partial charge in [-0.2, -0.15) is 0 Å². The second-order valence-corrected chi connectivity index (χ2v) is 6.19. The molecule has 20 heavy (non-hydrogen) atoms. The van der Waals surface area contributed by atoms with Gasteiger partial charge in [0.2, 0.25) is 0 Å². The maximum Gasteiger partial charge on any atom is 0.0507 e. The van der Waals surface area contributed by atoms with Gasteiger partial charge in [0, 0.05) is 32.8 Å². The van der Waals surface area contributed by atoms with E-state index in [9.17, 15) is 0 Å². The molecule has 0 amide bonds. The Morgan fingerprint density at radius 2 is 2.00 bits per heavy atom. The van der Waals surface area contributed by atoms with Crippen molar-refractivity contribution in [1.29, 1.82) is 0 Å². The Hall–Kier alpha value is -0.900. The van der Waals surface area contributed by atoms with Gasteiger partial charge in [0.05, 0.1) is 6.61 Å². The molecule has 1 aliphatic rings. The maximum absolute atomic E-state index is 5.52. The molecule has 3 heteroatoms. The number of nitrogens with zero attached hydrogens (tertiary/aromatic N) is 2. The van der Waals surface area contributed by atoms with Gasteiger partial charge in [-0.15, -0.1) is 0 Å². The highest BCUT2D eigenvalue weighted by atomic mass is 16.5. The second kappa shape index (κ2) is 7.77. The van der Waals surface area contributed by atoms with Crippen LogP contribution in [0.25, 0.3) is 0 Å². The van der Waals surface area contributed by atoms with Gasteiger partial charge in [0.25, 0.3) is 0 Å². The monoisotopic (exact) mass is 276 g/mol. The molecule has 0 aromatic heterocycles. The average Bonchev–Trinajstić information content (AvgIpc) is 2.91. The van der Waals surface area contributed by atoms with E-state index >= 15 is 0 Å². The molecule has 0 saturated carbocycles. The lowest BCUT2D eigenvalue weighted by molar-refractivity contribution is 0.159. The molecule has 0 radical (unpaired) electrons. The number of hydrogen-bond acceptors (Lipinski definition) is 3. The molecule has 2 rings (SSSR count). The number of rotatable bonds is 7. The van der Waals surface area contributed by atoms with Crippen LogP contribution in [0.15, 0.2) is 24.3 Å². The fourth-order valence-corrected chi connectivity index (χ4v) is 2.70. The van der Waals surface area contributed by atoms with E-state index < -0.39 is 0 Å². The Kier molecular flexibility index (Phi) is 6.02. The van der Waals surface area contributed by atoms with Gasteiger partial charge >= 0.3 is 0 Å². The summed E-state index contributed by atoms with van der Waals surface area (Å²) < 4.78 is 5.52. The van der Waals surface area contributed by atoms with E-state index in [4.69, 9.17) is 4.74 Å².